The fraction of sp³-hybridized carbons (Fsp3) is 0.211. The van der Waals surface area contributed by atoms with E-state index in [1.807, 2.05) is 32.0 Å². The maximum Gasteiger partial charge on any atom is 0.262 e. The van der Waals surface area contributed by atoms with Crippen LogP contribution in [0.15, 0.2) is 60.0 Å². The van der Waals surface area contributed by atoms with Gasteiger partial charge in [0.25, 0.3) is 5.91 Å². The third-order valence-electron chi connectivity index (χ3n) is 3.57. The van der Waals surface area contributed by atoms with Gasteiger partial charge >= 0.3 is 0 Å². The van der Waals surface area contributed by atoms with Crippen molar-refractivity contribution in [3.8, 4) is 5.75 Å². The molecule has 138 valence electrons. The molecule has 0 fully saturated rings. The van der Waals surface area contributed by atoms with Gasteiger partial charge in [0.05, 0.1) is 4.90 Å². The molecule has 26 heavy (non-hydrogen) atoms. The fourth-order valence-corrected chi connectivity index (χ4v) is 3.17. The van der Waals surface area contributed by atoms with Crippen LogP contribution in [-0.2, 0) is 14.8 Å². The summed E-state index contributed by atoms with van der Waals surface area (Å²) in [5.41, 5.74) is 2.49. The van der Waals surface area contributed by atoms with Crippen LogP contribution >= 0.6 is 0 Å². The van der Waals surface area contributed by atoms with Crippen molar-refractivity contribution in [3.63, 3.8) is 0 Å². The summed E-state index contributed by atoms with van der Waals surface area (Å²) in [4.78, 5) is 12.1. The number of benzene rings is 2. The molecule has 0 saturated heterocycles. The van der Waals surface area contributed by atoms with Gasteiger partial charge in [-0.1, -0.05) is 18.2 Å². The number of carbonyl (C=O) groups is 1. The molecule has 2 N–H and O–H groups in total. The smallest absolute Gasteiger partial charge is 0.262 e. The maximum absolute atomic E-state index is 12.0. The van der Waals surface area contributed by atoms with Crippen molar-refractivity contribution < 1.29 is 17.9 Å². The third kappa shape index (κ3) is 5.44. The summed E-state index contributed by atoms with van der Waals surface area (Å²) in [7, 11) is -3.58. The van der Waals surface area contributed by atoms with Crippen LogP contribution in [0.1, 0.15) is 11.1 Å². The molecule has 0 aliphatic rings. The monoisotopic (exact) mass is 374 g/mol. The Kier molecular flexibility index (Phi) is 6.54. The van der Waals surface area contributed by atoms with Crippen LogP contribution in [0, 0.1) is 13.8 Å². The Morgan fingerprint density at radius 3 is 2.50 bits per heavy atom. The van der Waals surface area contributed by atoms with Crippen molar-refractivity contribution in [3.05, 3.63) is 66.2 Å². The number of hydrogen-bond donors (Lipinski definition) is 2. The molecule has 0 aliphatic heterocycles. The molecule has 0 bridgehead atoms. The number of ether oxygens (including phenoxy) is 1. The van der Waals surface area contributed by atoms with E-state index in [1.54, 1.807) is 0 Å². The average Bonchev–Trinajstić information content (AvgIpc) is 2.61. The molecule has 2 aromatic carbocycles. The molecule has 0 unspecified atom stereocenters. The molecule has 0 saturated carbocycles. The second-order valence-corrected chi connectivity index (χ2v) is 7.54. The van der Waals surface area contributed by atoms with E-state index >= 15 is 0 Å². The maximum atomic E-state index is 12.0. The number of nitrogens with one attached hydrogen (secondary N) is 2. The van der Waals surface area contributed by atoms with Crippen LogP contribution in [0.3, 0.4) is 0 Å². The predicted molar refractivity (Wildman–Crippen MR) is 102 cm³/mol. The predicted octanol–water partition coefficient (Wildman–Crippen LogP) is 2.79. The fourth-order valence-electron chi connectivity index (χ4n) is 2.17. The molecular formula is C19H22N2O4S. The van der Waals surface area contributed by atoms with Crippen molar-refractivity contribution in [1.29, 1.82) is 0 Å². The molecule has 0 atom stereocenters. The van der Waals surface area contributed by atoms with Crippen LogP contribution in [0.2, 0.25) is 0 Å². The van der Waals surface area contributed by atoms with Gasteiger partial charge in [0.15, 0.2) is 6.61 Å². The highest BCUT2D eigenvalue weighted by Crippen LogP contribution is 2.19. The third-order valence-corrected chi connectivity index (χ3v) is 5.01. The largest absolute Gasteiger partial charge is 0.483 e. The second-order valence-electron chi connectivity index (χ2n) is 5.77. The van der Waals surface area contributed by atoms with Gasteiger partial charge in [-0.3, -0.25) is 4.79 Å². The van der Waals surface area contributed by atoms with E-state index in [2.05, 4.69) is 16.6 Å². The van der Waals surface area contributed by atoms with E-state index in [0.29, 0.717) is 11.4 Å². The highest BCUT2D eigenvalue weighted by molar-refractivity contribution is 7.89. The SMILES string of the molecule is C=CCNS(=O)(=O)c1ccc(NC(=O)COc2cc(C)ccc2C)cc1. The van der Waals surface area contributed by atoms with Crippen molar-refractivity contribution in [2.45, 2.75) is 18.7 Å². The number of sulfonamides is 1. The van der Waals surface area contributed by atoms with E-state index < -0.39 is 10.0 Å². The number of carbonyl (C=O) groups excluding carboxylic acids is 1. The quantitative estimate of drug-likeness (QED) is 0.696. The summed E-state index contributed by atoms with van der Waals surface area (Å²) in [6, 6.07) is 11.7. The molecule has 0 aromatic heterocycles. The minimum atomic E-state index is -3.58. The molecule has 7 heteroatoms. The Bertz CT molecular complexity index is 890. The van der Waals surface area contributed by atoms with Crippen LogP contribution in [-0.4, -0.2) is 27.5 Å². The zero-order valence-corrected chi connectivity index (χ0v) is 15.6. The van der Waals surface area contributed by atoms with Gasteiger partial charge in [-0.2, -0.15) is 0 Å². The van der Waals surface area contributed by atoms with Crippen LogP contribution in [0.5, 0.6) is 5.75 Å². The molecule has 2 rings (SSSR count). The minimum absolute atomic E-state index is 0.115. The number of amides is 1. The molecule has 2 aromatic rings. The summed E-state index contributed by atoms with van der Waals surface area (Å²) < 4.78 is 31.9. The van der Waals surface area contributed by atoms with E-state index in [-0.39, 0.29) is 24.0 Å². The zero-order valence-electron chi connectivity index (χ0n) is 14.8. The lowest BCUT2D eigenvalue weighted by molar-refractivity contribution is -0.118. The highest BCUT2D eigenvalue weighted by Gasteiger charge is 2.13. The Labute approximate surface area is 153 Å². The standard InChI is InChI=1S/C19H22N2O4S/c1-4-11-20-26(23,24)17-9-7-16(8-10-17)21-19(22)13-25-18-12-14(2)5-6-15(18)3/h4-10,12,20H,1,11,13H2,2-3H3,(H,21,22). The summed E-state index contributed by atoms with van der Waals surface area (Å²) >= 11 is 0. The molecule has 1 amide bonds. The summed E-state index contributed by atoms with van der Waals surface area (Å²) in [6.07, 6.45) is 1.46. The van der Waals surface area contributed by atoms with Crippen molar-refractivity contribution in [2.75, 3.05) is 18.5 Å². The first-order valence-electron chi connectivity index (χ1n) is 8.02. The first-order chi connectivity index (χ1) is 12.3. The Balaban J connectivity index is 1.95. The molecule has 0 aliphatic carbocycles. The van der Waals surface area contributed by atoms with Crippen molar-refractivity contribution in [1.82, 2.24) is 4.72 Å². The summed E-state index contributed by atoms with van der Waals surface area (Å²) in [5, 5.41) is 2.67. The van der Waals surface area contributed by atoms with Crippen LogP contribution in [0.4, 0.5) is 5.69 Å². The van der Waals surface area contributed by atoms with Gasteiger partial charge in [-0.05, 0) is 55.3 Å². The topological polar surface area (TPSA) is 84.5 Å². The van der Waals surface area contributed by atoms with Gasteiger partial charge in [0, 0.05) is 12.2 Å². The Morgan fingerprint density at radius 1 is 1.15 bits per heavy atom. The molecular weight excluding hydrogens is 352 g/mol. The lowest BCUT2D eigenvalue weighted by Gasteiger charge is -2.11. The van der Waals surface area contributed by atoms with E-state index in [1.165, 1.54) is 30.3 Å². The van der Waals surface area contributed by atoms with Gasteiger partial charge in [-0.25, -0.2) is 13.1 Å². The van der Waals surface area contributed by atoms with Gasteiger partial charge in [-0.15, -0.1) is 6.58 Å². The zero-order chi connectivity index (χ0) is 19.2. The van der Waals surface area contributed by atoms with E-state index in [0.717, 1.165) is 11.1 Å². The molecule has 0 radical (unpaired) electrons. The molecule has 6 nitrogen and oxygen atoms in total. The van der Waals surface area contributed by atoms with Gasteiger partial charge < -0.3 is 10.1 Å². The Hall–Kier alpha value is -2.64. The summed E-state index contributed by atoms with van der Waals surface area (Å²) in [6.45, 7) is 7.34. The lowest BCUT2D eigenvalue weighted by Crippen LogP contribution is -2.23. The average molecular weight is 374 g/mol. The molecule has 0 heterocycles. The number of hydrogen-bond acceptors (Lipinski definition) is 4. The number of aryl methyl sites for hydroxylation is 2. The van der Waals surface area contributed by atoms with Crippen LogP contribution < -0.4 is 14.8 Å². The minimum Gasteiger partial charge on any atom is -0.483 e. The normalized spacial score (nSPS) is 11.0. The Morgan fingerprint density at radius 2 is 1.85 bits per heavy atom. The number of rotatable bonds is 8. The van der Waals surface area contributed by atoms with Gasteiger partial charge in [0.1, 0.15) is 5.75 Å². The van der Waals surface area contributed by atoms with Crippen molar-refractivity contribution >= 4 is 21.6 Å². The first kappa shape index (κ1) is 19.7. The first-order valence-corrected chi connectivity index (χ1v) is 9.50. The molecule has 0 spiro atoms. The lowest BCUT2D eigenvalue weighted by atomic mass is 10.1. The van der Waals surface area contributed by atoms with Gasteiger partial charge in [0.2, 0.25) is 10.0 Å². The van der Waals surface area contributed by atoms with Crippen molar-refractivity contribution in [2.24, 2.45) is 0 Å². The second kappa shape index (κ2) is 8.64. The van der Waals surface area contributed by atoms with E-state index in [9.17, 15) is 13.2 Å². The van der Waals surface area contributed by atoms with E-state index in [4.69, 9.17) is 4.74 Å². The highest BCUT2D eigenvalue weighted by atomic mass is 32.2. The summed E-state index contributed by atoms with van der Waals surface area (Å²) in [5.74, 6) is 0.334. The van der Waals surface area contributed by atoms with Crippen LogP contribution in [0.25, 0.3) is 0 Å². The number of anilines is 1.